The van der Waals surface area contributed by atoms with Gasteiger partial charge in [-0.1, -0.05) is 20.8 Å². The molecule has 0 unspecified atom stereocenters. The highest BCUT2D eigenvalue weighted by Gasteiger charge is 2.49. The standard InChI is InChI=1S/C18H29NO6/c1-16(2,3)17(4,5)25-15(23)24-14(22)19-10-18(11-19)8-6-12(7-9-18)13(20)21/h12H,6-11H2,1-5H3,(H,20,21). The van der Waals surface area contributed by atoms with Crippen molar-refractivity contribution in [2.45, 2.75) is 65.9 Å². The molecule has 1 saturated carbocycles. The largest absolute Gasteiger partial charge is 0.517 e. The lowest BCUT2D eigenvalue weighted by Gasteiger charge is -2.52. The summed E-state index contributed by atoms with van der Waals surface area (Å²) in [6, 6.07) is 0. The van der Waals surface area contributed by atoms with Crippen molar-refractivity contribution < 1.29 is 29.0 Å². The lowest BCUT2D eigenvalue weighted by atomic mass is 9.66. The molecular weight excluding hydrogens is 326 g/mol. The van der Waals surface area contributed by atoms with Crippen LogP contribution in [-0.2, 0) is 14.3 Å². The molecule has 0 aromatic heterocycles. The first-order valence-corrected chi connectivity index (χ1v) is 8.78. The molecule has 0 radical (unpaired) electrons. The number of amides is 1. The third-order valence-corrected chi connectivity index (χ3v) is 6.02. The van der Waals surface area contributed by atoms with Gasteiger partial charge in [-0.2, -0.15) is 0 Å². The van der Waals surface area contributed by atoms with E-state index in [1.54, 1.807) is 13.8 Å². The van der Waals surface area contributed by atoms with Crippen LogP contribution in [0, 0.1) is 16.7 Å². The van der Waals surface area contributed by atoms with Gasteiger partial charge < -0.3 is 19.5 Å². The predicted octanol–water partition coefficient (Wildman–Crippen LogP) is 3.66. The minimum absolute atomic E-state index is 0.0143. The number of aliphatic carboxylic acids is 1. The highest BCUT2D eigenvalue weighted by Crippen LogP contribution is 2.45. The zero-order valence-electron chi connectivity index (χ0n) is 15.8. The van der Waals surface area contributed by atoms with Gasteiger partial charge in [0.2, 0.25) is 0 Å². The third-order valence-electron chi connectivity index (χ3n) is 6.02. The van der Waals surface area contributed by atoms with Gasteiger partial charge in [0.15, 0.2) is 0 Å². The van der Waals surface area contributed by atoms with Crippen molar-refractivity contribution in [3.05, 3.63) is 0 Å². The van der Waals surface area contributed by atoms with Gasteiger partial charge >= 0.3 is 18.2 Å². The molecule has 0 atom stereocenters. The Hall–Kier alpha value is -1.79. The van der Waals surface area contributed by atoms with E-state index in [4.69, 9.17) is 14.6 Å². The van der Waals surface area contributed by atoms with Gasteiger partial charge in [-0.3, -0.25) is 4.79 Å². The molecule has 2 aliphatic rings. The van der Waals surface area contributed by atoms with Crippen molar-refractivity contribution >= 4 is 18.2 Å². The molecule has 25 heavy (non-hydrogen) atoms. The van der Waals surface area contributed by atoms with E-state index in [2.05, 4.69) is 0 Å². The summed E-state index contributed by atoms with van der Waals surface area (Å²) in [5.74, 6) is -1.02. The fourth-order valence-corrected chi connectivity index (χ4v) is 3.20. The average molecular weight is 355 g/mol. The van der Waals surface area contributed by atoms with Crippen LogP contribution in [0.4, 0.5) is 9.59 Å². The van der Waals surface area contributed by atoms with E-state index in [9.17, 15) is 14.4 Å². The highest BCUT2D eigenvalue weighted by molar-refractivity contribution is 5.81. The fraction of sp³-hybridized carbons (Fsp3) is 0.833. The van der Waals surface area contributed by atoms with Crippen molar-refractivity contribution in [3.8, 4) is 0 Å². The van der Waals surface area contributed by atoms with Gasteiger partial charge in [0.05, 0.1) is 5.92 Å². The summed E-state index contributed by atoms with van der Waals surface area (Å²) in [6.07, 6.45) is 1.17. The number of carbonyl (C=O) groups excluding carboxylic acids is 2. The van der Waals surface area contributed by atoms with E-state index in [-0.39, 0.29) is 16.7 Å². The van der Waals surface area contributed by atoms with Gasteiger partial charge in [0.1, 0.15) is 5.60 Å². The van der Waals surface area contributed by atoms with E-state index in [1.165, 1.54) is 4.90 Å². The second-order valence-electron chi connectivity index (χ2n) is 8.95. The van der Waals surface area contributed by atoms with E-state index in [0.29, 0.717) is 25.9 Å². The Bertz CT molecular complexity index is 546. The number of carboxylic acid groups (broad SMARTS) is 1. The van der Waals surface area contributed by atoms with Gasteiger partial charge in [0, 0.05) is 23.9 Å². The van der Waals surface area contributed by atoms with Crippen molar-refractivity contribution in [1.29, 1.82) is 0 Å². The highest BCUT2D eigenvalue weighted by atomic mass is 16.8. The smallest absolute Gasteiger partial charge is 0.481 e. The van der Waals surface area contributed by atoms with E-state index in [1.807, 2.05) is 20.8 Å². The zero-order chi connectivity index (χ0) is 19.0. The lowest BCUT2D eigenvalue weighted by molar-refractivity contribution is -0.145. The number of likely N-dealkylation sites (tertiary alicyclic amines) is 1. The third kappa shape index (κ3) is 4.25. The number of hydrogen-bond donors (Lipinski definition) is 1. The van der Waals surface area contributed by atoms with Gasteiger partial charge in [-0.15, -0.1) is 0 Å². The Morgan fingerprint density at radius 2 is 1.56 bits per heavy atom. The fourth-order valence-electron chi connectivity index (χ4n) is 3.20. The first-order valence-electron chi connectivity index (χ1n) is 8.78. The topological polar surface area (TPSA) is 93.1 Å². The molecule has 7 heteroatoms. The SMILES string of the molecule is CC(C)(C)C(C)(C)OC(=O)OC(=O)N1CC2(CCC(C(=O)O)CC2)C1. The van der Waals surface area contributed by atoms with E-state index >= 15 is 0 Å². The maximum Gasteiger partial charge on any atom is 0.517 e. The van der Waals surface area contributed by atoms with Crippen LogP contribution in [0.25, 0.3) is 0 Å². The molecule has 0 aromatic rings. The monoisotopic (exact) mass is 355 g/mol. The van der Waals surface area contributed by atoms with E-state index < -0.39 is 23.8 Å². The van der Waals surface area contributed by atoms with Crippen LogP contribution in [0.15, 0.2) is 0 Å². The number of hydrogen-bond acceptors (Lipinski definition) is 5. The molecule has 1 saturated heterocycles. The Kier molecular flexibility index (Phi) is 5.08. The average Bonchev–Trinajstić information content (AvgIpc) is 2.42. The van der Waals surface area contributed by atoms with Crippen LogP contribution >= 0.6 is 0 Å². The molecule has 1 spiro atoms. The Morgan fingerprint density at radius 3 is 2.00 bits per heavy atom. The van der Waals surface area contributed by atoms with Gasteiger partial charge in [-0.05, 0) is 39.5 Å². The summed E-state index contributed by atoms with van der Waals surface area (Å²) < 4.78 is 10.1. The molecule has 7 nitrogen and oxygen atoms in total. The molecule has 0 bridgehead atoms. The number of carboxylic acids is 1. The summed E-state index contributed by atoms with van der Waals surface area (Å²) in [5, 5.41) is 9.05. The van der Waals surface area contributed by atoms with Crippen LogP contribution in [-0.4, -0.2) is 46.9 Å². The van der Waals surface area contributed by atoms with Crippen LogP contribution < -0.4 is 0 Å². The molecule has 1 aliphatic carbocycles. The summed E-state index contributed by atoms with van der Waals surface area (Å²) in [7, 11) is 0. The number of rotatable bonds is 2. The van der Waals surface area contributed by atoms with Crippen molar-refractivity contribution in [3.63, 3.8) is 0 Å². The van der Waals surface area contributed by atoms with E-state index in [0.717, 1.165) is 12.8 Å². The van der Waals surface area contributed by atoms with Crippen molar-refractivity contribution in [2.24, 2.45) is 16.7 Å². The Balaban J connectivity index is 1.79. The molecular formula is C18H29NO6. The molecule has 1 aliphatic heterocycles. The zero-order valence-corrected chi connectivity index (χ0v) is 15.8. The first kappa shape index (κ1) is 19.5. The number of carbonyl (C=O) groups is 3. The maximum absolute atomic E-state index is 12.1. The van der Waals surface area contributed by atoms with Crippen molar-refractivity contribution in [1.82, 2.24) is 4.90 Å². The van der Waals surface area contributed by atoms with Gasteiger partial charge in [0.25, 0.3) is 0 Å². The van der Waals surface area contributed by atoms with Crippen molar-refractivity contribution in [2.75, 3.05) is 13.1 Å². The first-order chi connectivity index (χ1) is 11.4. The summed E-state index contributed by atoms with van der Waals surface area (Å²) in [6.45, 7) is 10.4. The van der Waals surface area contributed by atoms with Crippen LogP contribution in [0.2, 0.25) is 0 Å². The maximum atomic E-state index is 12.1. The Labute approximate surface area is 148 Å². The molecule has 1 N–H and O–H groups in total. The molecule has 1 amide bonds. The second kappa shape index (κ2) is 6.50. The molecule has 2 fully saturated rings. The molecule has 2 rings (SSSR count). The minimum Gasteiger partial charge on any atom is -0.481 e. The second-order valence-corrected chi connectivity index (χ2v) is 8.95. The predicted molar refractivity (Wildman–Crippen MR) is 90.1 cm³/mol. The van der Waals surface area contributed by atoms with Crippen LogP contribution in [0.5, 0.6) is 0 Å². The Morgan fingerprint density at radius 1 is 1.04 bits per heavy atom. The number of nitrogens with zero attached hydrogens (tertiary/aromatic N) is 1. The summed E-state index contributed by atoms with van der Waals surface area (Å²) in [5.41, 5.74) is -1.08. The molecule has 0 aromatic carbocycles. The quantitative estimate of drug-likeness (QED) is 0.600. The lowest BCUT2D eigenvalue weighted by Crippen LogP contribution is -2.60. The number of ether oxygens (including phenoxy) is 2. The van der Waals surface area contributed by atoms with Gasteiger partial charge in [-0.25, -0.2) is 9.59 Å². The molecule has 1 heterocycles. The van der Waals surface area contributed by atoms with Crippen LogP contribution in [0.1, 0.15) is 60.3 Å². The summed E-state index contributed by atoms with van der Waals surface area (Å²) >= 11 is 0. The normalized spacial score (nSPS) is 20.8. The van der Waals surface area contributed by atoms with Crippen LogP contribution in [0.3, 0.4) is 0 Å². The summed E-state index contributed by atoms with van der Waals surface area (Å²) in [4.78, 5) is 36.5. The molecule has 142 valence electrons. The minimum atomic E-state index is -0.986.